The van der Waals surface area contributed by atoms with Gasteiger partial charge in [-0.1, -0.05) is 24.6 Å². The molecule has 2 heterocycles. The second-order valence-corrected chi connectivity index (χ2v) is 8.20. The van der Waals surface area contributed by atoms with Crippen LogP contribution in [0.5, 0.6) is 5.75 Å². The first kappa shape index (κ1) is 20.2. The molecule has 1 aliphatic heterocycles. The Kier molecular flexibility index (Phi) is 5.88. The molecule has 1 amide bonds. The summed E-state index contributed by atoms with van der Waals surface area (Å²) >= 11 is 0. The van der Waals surface area contributed by atoms with Gasteiger partial charge in [0.15, 0.2) is 0 Å². The van der Waals surface area contributed by atoms with Gasteiger partial charge in [-0.15, -0.1) is 0 Å². The molecule has 0 bridgehead atoms. The molecular formula is C25H28N2O3. The lowest BCUT2D eigenvalue weighted by molar-refractivity contribution is 0.0683. The summed E-state index contributed by atoms with van der Waals surface area (Å²) in [6.07, 6.45) is 2.27. The molecule has 0 saturated carbocycles. The van der Waals surface area contributed by atoms with Gasteiger partial charge < -0.3 is 14.1 Å². The number of carbonyl (C=O) groups excluding carboxylic acids is 1. The highest BCUT2D eigenvalue weighted by Gasteiger charge is 2.22. The average molecular weight is 405 g/mol. The third-order valence-electron chi connectivity index (χ3n) is 5.61. The van der Waals surface area contributed by atoms with Crippen LogP contribution in [0.4, 0.5) is 0 Å². The van der Waals surface area contributed by atoms with Gasteiger partial charge in [0.2, 0.25) is 5.89 Å². The number of carbonyl (C=O) groups is 1. The van der Waals surface area contributed by atoms with Gasteiger partial charge in [0.25, 0.3) is 5.91 Å². The maximum atomic E-state index is 12.8. The first-order valence-corrected chi connectivity index (χ1v) is 10.5. The Morgan fingerprint density at radius 3 is 2.57 bits per heavy atom. The number of nitrogens with zero attached hydrogens (tertiary/aromatic N) is 2. The number of rotatable bonds is 5. The largest absolute Gasteiger partial charge is 0.487 e. The summed E-state index contributed by atoms with van der Waals surface area (Å²) in [4.78, 5) is 19.3. The van der Waals surface area contributed by atoms with Gasteiger partial charge in [-0.3, -0.25) is 4.79 Å². The van der Waals surface area contributed by atoms with Gasteiger partial charge in [-0.05, 0) is 69.0 Å². The van der Waals surface area contributed by atoms with Crippen LogP contribution >= 0.6 is 0 Å². The molecule has 0 aliphatic carbocycles. The molecule has 4 rings (SSSR count). The predicted octanol–water partition coefficient (Wildman–Crippen LogP) is 5.41. The van der Waals surface area contributed by atoms with E-state index in [0.717, 1.165) is 42.3 Å². The molecule has 1 aromatic heterocycles. The van der Waals surface area contributed by atoms with Crippen molar-refractivity contribution in [3.63, 3.8) is 0 Å². The number of hydrogen-bond acceptors (Lipinski definition) is 4. The molecule has 3 aromatic rings. The molecule has 0 unspecified atom stereocenters. The fourth-order valence-electron chi connectivity index (χ4n) is 3.78. The molecular weight excluding hydrogens is 376 g/mol. The molecule has 0 spiro atoms. The second kappa shape index (κ2) is 8.74. The Hall–Kier alpha value is -3.08. The Morgan fingerprint density at radius 1 is 1.13 bits per heavy atom. The third-order valence-corrected chi connectivity index (χ3v) is 5.61. The van der Waals surface area contributed by atoms with E-state index < -0.39 is 0 Å². The van der Waals surface area contributed by atoms with E-state index in [4.69, 9.17) is 9.15 Å². The van der Waals surface area contributed by atoms with E-state index in [9.17, 15) is 4.79 Å². The zero-order chi connectivity index (χ0) is 21.1. The minimum Gasteiger partial charge on any atom is -0.487 e. The molecule has 1 aliphatic rings. The van der Waals surface area contributed by atoms with E-state index in [1.54, 1.807) is 0 Å². The van der Waals surface area contributed by atoms with Crippen LogP contribution in [0, 0.1) is 19.8 Å². The quantitative estimate of drug-likeness (QED) is 0.571. The lowest BCUT2D eigenvalue weighted by Gasteiger charge is -2.31. The molecule has 0 radical (unpaired) electrons. The lowest BCUT2D eigenvalue weighted by atomic mass is 9.99. The SMILES string of the molecule is Cc1ccc(OCc2nc(-c3ccc(C(=O)N4CCC[C@@H](C)C4)cc3)oc2C)cc1. The Bertz CT molecular complexity index is 1010. The summed E-state index contributed by atoms with van der Waals surface area (Å²) in [5.74, 6) is 2.75. The van der Waals surface area contributed by atoms with Crippen LogP contribution in [-0.2, 0) is 6.61 Å². The Labute approximate surface area is 177 Å². The average Bonchev–Trinajstić information content (AvgIpc) is 3.13. The number of aryl methyl sites for hydroxylation is 2. The van der Waals surface area contributed by atoms with E-state index in [1.807, 2.05) is 67.3 Å². The van der Waals surface area contributed by atoms with Crippen LogP contribution in [0.25, 0.3) is 11.5 Å². The summed E-state index contributed by atoms with van der Waals surface area (Å²) in [6, 6.07) is 15.5. The topological polar surface area (TPSA) is 55.6 Å². The molecule has 30 heavy (non-hydrogen) atoms. The number of hydrogen-bond donors (Lipinski definition) is 0. The summed E-state index contributed by atoms with van der Waals surface area (Å²) in [6.45, 7) is 8.16. The van der Waals surface area contributed by atoms with Crippen molar-refractivity contribution in [3.8, 4) is 17.2 Å². The number of amides is 1. The summed E-state index contributed by atoms with van der Waals surface area (Å²) in [7, 11) is 0. The fourth-order valence-corrected chi connectivity index (χ4v) is 3.78. The monoisotopic (exact) mass is 404 g/mol. The molecule has 5 heteroatoms. The highest BCUT2D eigenvalue weighted by atomic mass is 16.5. The number of oxazole rings is 1. The van der Waals surface area contributed by atoms with Crippen molar-refractivity contribution in [3.05, 3.63) is 71.1 Å². The van der Waals surface area contributed by atoms with Gasteiger partial charge in [0.05, 0.1) is 0 Å². The predicted molar refractivity (Wildman–Crippen MR) is 116 cm³/mol. The van der Waals surface area contributed by atoms with Crippen molar-refractivity contribution in [1.82, 2.24) is 9.88 Å². The van der Waals surface area contributed by atoms with Crippen molar-refractivity contribution < 1.29 is 13.9 Å². The third kappa shape index (κ3) is 4.56. The Morgan fingerprint density at radius 2 is 1.87 bits per heavy atom. The molecule has 1 atom stereocenters. The standard InChI is InChI=1S/C25H28N2O3/c1-17-6-12-22(13-7-17)29-16-23-19(3)30-24(26-23)20-8-10-21(11-9-20)25(28)27-14-4-5-18(2)15-27/h6-13,18H,4-5,14-16H2,1-3H3/t18-/m1/s1. The van der Waals surface area contributed by atoms with Crippen LogP contribution in [0.15, 0.2) is 52.9 Å². The van der Waals surface area contributed by atoms with Crippen LogP contribution in [0.1, 0.15) is 47.1 Å². The van der Waals surface area contributed by atoms with Crippen LogP contribution < -0.4 is 4.74 Å². The molecule has 156 valence electrons. The second-order valence-electron chi connectivity index (χ2n) is 8.20. The number of piperidine rings is 1. The van der Waals surface area contributed by atoms with Crippen molar-refractivity contribution in [2.24, 2.45) is 5.92 Å². The number of benzene rings is 2. The molecule has 0 N–H and O–H groups in total. The lowest BCUT2D eigenvalue weighted by Crippen LogP contribution is -2.39. The minimum absolute atomic E-state index is 0.101. The highest BCUT2D eigenvalue weighted by molar-refractivity contribution is 5.94. The van der Waals surface area contributed by atoms with Gasteiger partial charge >= 0.3 is 0 Å². The van der Waals surface area contributed by atoms with E-state index >= 15 is 0 Å². The molecule has 5 nitrogen and oxygen atoms in total. The van der Waals surface area contributed by atoms with Crippen molar-refractivity contribution in [2.75, 3.05) is 13.1 Å². The van der Waals surface area contributed by atoms with Gasteiger partial charge in [0, 0.05) is 24.2 Å². The summed E-state index contributed by atoms with van der Waals surface area (Å²) < 4.78 is 11.7. The zero-order valence-corrected chi connectivity index (χ0v) is 17.9. The van der Waals surface area contributed by atoms with Crippen LogP contribution in [0.3, 0.4) is 0 Å². The fraction of sp³-hybridized carbons (Fsp3) is 0.360. The molecule has 2 aromatic carbocycles. The number of ether oxygens (including phenoxy) is 1. The summed E-state index contributed by atoms with van der Waals surface area (Å²) in [5, 5.41) is 0. The van der Waals surface area contributed by atoms with Crippen LogP contribution in [-0.4, -0.2) is 28.9 Å². The van der Waals surface area contributed by atoms with Crippen molar-refractivity contribution >= 4 is 5.91 Å². The van der Waals surface area contributed by atoms with E-state index in [1.165, 1.54) is 12.0 Å². The highest BCUT2D eigenvalue weighted by Crippen LogP contribution is 2.24. The van der Waals surface area contributed by atoms with Crippen LogP contribution in [0.2, 0.25) is 0 Å². The molecule has 1 saturated heterocycles. The Balaban J connectivity index is 1.43. The normalized spacial score (nSPS) is 16.5. The van der Waals surface area contributed by atoms with Gasteiger partial charge in [-0.2, -0.15) is 0 Å². The maximum absolute atomic E-state index is 12.8. The smallest absolute Gasteiger partial charge is 0.253 e. The summed E-state index contributed by atoms with van der Waals surface area (Å²) in [5.41, 5.74) is 3.52. The van der Waals surface area contributed by atoms with E-state index in [-0.39, 0.29) is 5.91 Å². The van der Waals surface area contributed by atoms with Gasteiger partial charge in [-0.25, -0.2) is 4.98 Å². The van der Waals surface area contributed by atoms with E-state index in [0.29, 0.717) is 24.0 Å². The van der Waals surface area contributed by atoms with Gasteiger partial charge in [0.1, 0.15) is 23.8 Å². The van der Waals surface area contributed by atoms with E-state index in [2.05, 4.69) is 11.9 Å². The molecule has 1 fully saturated rings. The first-order valence-electron chi connectivity index (χ1n) is 10.5. The first-order chi connectivity index (χ1) is 14.5. The maximum Gasteiger partial charge on any atom is 0.253 e. The van der Waals surface area contributed by atoms with Crippen molar-refractivity contribution in [2.45, 2.75) is 40.2 Å². The number of likely N-dealkylation sites (tertiary alicyclic amines) is 1. The minimum atomic E-state index is 0.101. The zero-order valence-electron chi connectivity index (χ0n) is 17.9. The number of aromatic nitrogens is 1. The van der Waals surface area contributed by atoms with Crippen molar-refractivity contribution in [1.29, 1.82) is 0 Å².